The Kier molecular flexibility index (Phi) is 7.16. The maximum absolute atomic E-state index is 12.9. The Hall–Kier alpha value is -2.78. The third kappa shape index (κ3) is 4.68. The van der Waals surface area contributed by atoms with Gasteiger partial charge in [0, 0.05) is 45.5 Å². The van der Waals surface area contributed by atoms with Crippen molar-refractivity contribution in [1.82, 2.24) is 25.2 Å². The fraction of sp³-hybridized carbons (Fsp3) is 0.478. The summed E-state index contributed by atoms with van der Waals surface area (Å²) in [6, 6.07) is 6.01. The number of thiophene rings is 1. The lowest BCUT2D eigenvalue weighted by molar-refractivity contribution is 0.0952. The van der Waals surface area contributed by atoms with Gasteiger partial charge in [-0.3, -0.25) is 4.79 Å². The molecule has 1 aliphatic heterocycles. The summed E-state index contributed by atoms with van der Waals surface area (Å²) in [5.41, 5.74) is 0.966. The van der Waals surface area contributed by atoms with Crippen molar-refractivity contribution in [2.45, 2.75) is 20.8 Å². The standard InChI is InChI=1S/C23H31N7OS/c1-4-28(5-2)11-10-25-22(31)20-17(3)19-21(26-16-27-23(19)32-20)30-14-12-29(13-15-30)18-8-6-7-9-24-18/h6-9,16H,4-5,10-15H2,1-3H3,(H,25,31). The molecule has 1 N–H and O–H groups in total. The van der Waals surface area contributed by atoms with E-state index in [9.17, 15) is 4.79 Å². The van der Waals surface area contributed by atoms with Crippen LogP contribution in [0.5, 0.6) is 0 Å². The van der Waals surface area contributed by atoms with Crippen molar-refractivity contribution in [3.63, 3.8) is 0 Å². The van der Waals surface area contributed by atoms with E-state index in [0.717, 1.165) is 78.1 Å². The van der Waals surface area contributed by atoms with Gasteiger partial charge in [0.05, 0.1) is 10.3 Å². The number of fused-ring (bicyclic) bond motifs is 1. The highest BCUT2D eigenvalue weighted by Gasteiger charge is 2.24. The Balaban J connectivity index is 1.48. The zero-order valence-corrected chi connectivity index (χ0v) is 19.9. The van der Waals surface area contributed by atoms with E-state index in [-0.39, 0.29) is 5.91 Å². The number of likely N-dealkylation sites (N-methyl/N-ethyl adjacent to an activating group) is 1. The molecule has 1 amide bonds. The van der Waals surface area contributed by atoms with Gasteiger partial charge in [-0.1, -0.05) is 19.9 Å². The summed E-state index contributed by atoms with van der Waals surface area (Å²) in [4.78, 5) is 34.9. The predicted molar refractivity (Wildman–Crippen MR) is 131 cm³/mol. The highest BCUT2D eigenvalue weighted by molar-refractivity contribution is 7.20. The quantitative estimate of drug-likeness (QED) is 0.562. The average Bonchev–Trinajstić information content (AvgIpc) is 3.19. The van der Waals surface area contributed by atoms with Gasteiger partial charge >= 0.3 is 0 Å². The Morgan fingerprint density at radius 2 is 1.84 bits per heavy atom. The van der Waals surface area contributed by atoms with E-state index in [1.807, 2.05) is 31.3 Å². The summed E-state index contributed by atoms with van der Waals surface area (Å²) < 4.78 is 0. The number of amides is 1. The molecule has 0 aliphatic carbocycles. The molecule has 0 atom stereocenters. The van der Waals surface area contributed by atoms with E-state index in [0.29, 0.717) is 6.54 Å². The first kappa shape index (κ1) is 22.4. The van der Waals surface area contributed by atoms with E-state index >= 15 is 0 Å². The minimum atomic E-state index is -0.0245. The SMILES string of the molecule is CCN(CC)CCNC(=O)c1sc2ncnc(N3CCN(c4ccccn4)CC3)c2c1C. The van der Waals surface area contributed by atoms with Gasteiger partial charge in [0.15, 0.2) is 0 Å². The summed E-state index contributed by atoms with van der Waals surface area (Å²) in [6.45, 7) is 13.2. The van der Waals surface area contributed by atoms with Crippen molar-refractivity contribution in [3.05, 3.63) is 41.2 Å². The molecule has 3 aromatic rings. The lowest BCUT2D eigenvalue weighted by Crippen LogP contribution is -2.47. The lowest BCUT2D eigenvalue weighted by Gasteiger charge is -2.36. The molecule has 8 nitrogen and oxygen atoms in total. The molecule has 4 heterocycles. The van der Waals surface area contributed by atoms with Crippen molar-refractivity contribution < 1.29 is 4.79 Å². The fourth-order valence-corrected chi connectivity index (χ4v) is 5.20. The van der Waals surface area contributed by atoms with Crippen LogP contribution in [0.15, 0.2) is 30.7 Å². The van der Waals surface area contributed by atoms with Crippen LogP contribution in [0.4, 0.5) is 11.6 Å². The van der Waals surface area contributed by atoms with Crippen LogP contribution in [-0.4, -0.2) is 78.1 Å². The van der Waals surface area contributed by atoms with Crippen molar-refractivity contribution in [2.75, 3.05) is 62.2 Å². The molecular formula is C23H31N7OS. The molecule has 1 aliphatic rings. The summed E-state index contributed by atoms with van der Waals surface area (Å²) >= 11 is 1.45. The molecular weight excluding hydrogens is 422 g/mol. The summed E-state index contributed by atoms with van der Waals surface area (Å²) in [5, 5.41) is 4.08. The Morgan fingerprint density at radius 1 is 1.09 bits per heavy atom. The van der Waals surface area contributed by atoms with Gasteiger partial charge in [-0.25, -0.2) is 15.0 Å². The minimum absolute atomic E-state index is 0.0245. The maximum atomic E-state index is 12.9. The Morgan fingerprint density at radius 3 is 2.53 bits per heavy atom. The number of piperazine rings is 1. The summed E-state index contributed by atoms with van der Waals surface area (Å²) in [5.74, 6) is 1.91. The molecule has 0 bridgehead atoms. The smallest absolute Gasteiger partial charge is 0.261 e. The number of aryl methyl sites for hydroxylation is 1. The van der Waals surface area contributed by atoms with Gasteiger partial charge < -0.3 is 20.0 Å². The number of nitrogens with one attached hydrogen (secondary N) is 1. The molecule has 0 aromatic carbocycles. The Bertz CT molecular complexity index is 1040. The van der Waals surface area contributed by atoms with Gasteiger partial charge in [-0.2, -0.15) is 0 Å². The number of aromatic nitrogens is 3. The van der Waals surface area contributed by atoms with Gasteiger partial charge in [0.1, 0.15) is 22.8 Å². The topological polar surface area (TPSA) is 77.5 Å². The molecule has 170 valence electrons. The molecule has 1 saturated heterocycles. The monoisotopic (exact) mass is 453 g/mol. The van der Waals surface area contributed by atoms with E-state index in [1.54, 1.807) is 6.33 Å². The molecule has 0 radical (unpaired) electrons. The number of hydrogen-bond donors (Lipinski definition) is 1. The van der Waals surface area contributed by atoms with Crippen molar-refractivity contribution >= 4 is 39.1 Å². The highest BCUT2D eigenvalue weighted by atomic mass is 32.1. The molecule has 1 fully saturated rings. The van der Waals surface area contributed by atoms with Crippen molar-refractivity contribution in [3.8, 4) is 0 Å². The van der Waals surface area contributed by atoms with Crippen LogP contribution in [0, 0.1) is 6.92 Å². The van der Waals surface area contributed by atoms with E-state index < -0.39 is 0 Å². The second-order valence-electron chi connectivity index (χ2n) is 7.88. The fourth-order valence-electron chi connectivity index (χ4n) is 4.15. The van der Waals surface area contributed by atoms with Crippen LogP contribution < -0.4 is 15.1 Å². The van der Waals surface area contributed by atoms with Gasteiger partial charge in [-0.05, 0) is 37.7 Å². The third-order valence-corrected chi connectivity index (χ3v) is 7.27. The zero-order valence-electron chi connectivity index (χ0n) is 19.0. The van der Waals surface area contributed by atoms with Crippen LogP contribution in [0.3, 0.4) is 0 Å². The number of carbonyl (C=O) groups is 1. The van der Waals surface area contributed by atoms with E-state index in [4.69, 9.17) is 0 Å². The minimum Gasteiger partial charge on any atom is -0.353 e. The molecule has 4 rings (SSSR count). The molecule has 0 saturated carbocycles. The second kappa shape index (κ2) is 10.2. The van der Waals surface area contributed by atoms with Crippen LogP contribution in [0.2, 0.25) is 0 Å². The van der Waals surface area contributed by atoms with E-state index in [2.05, 4.69) is 48.8 Å². The summed E-state index contributed by atoms with van der Waals surface area (Å²) in [7, 11) is 0. The van der Waals surface area contributed by atoms with Crippen molar-refractivity contribution in [2.24, 2.45) is 0 Å². The first-order valence-electron chi connectivity index (χ1n) is 11.3. The summed E-state index contributed by atoms with van der Waals surface area (Å²) in [6.07, 6.45) is 3.44. The van der Waals surface area contributed by atoms with Gasteiger partial charge in [0.2, 0.25) is 0 Å². The molecule has 32 heavy (non-hydrogen) atoms. The second-order valence-corrected chi connectivity index (χ2v) is 8.88. The van der Waals surface area contributed by atoms with Crippen molar-refractivity contribution in [1.29, 1.82) is 0 Å². The Labute approximate surface area is 193 Å². The van der Waals surface area contributed by atoms with Crippen LogP contribution in [-0.2, 0) is 0 Å². The number of hydrogen-bond acceptors (Lipinski definition) is 8. The normalized spacial score (nSPS) is 14.4. The maximum Gasteiger partial charge on any atom is 0.261 e. The molecule has 0 unspecified atom stereocenters. The molecule has 9 heteroatoms. The first-order valence-corrected chi connectivity index (χ1v) is 12.1. The largest absolute Gasteiger partial charge is 0.353 e. The van der Waals surface area contributed by atoms with E-state index in [1.165, 1.54) is 11.3 Å². The number of carbonyl (C=O) groups excluding carboxylic acids is 1. The molecule has 3 aromatic heterocycles. The number of anilines is 2. The van der Waals surface area contributed by atoms with Gasteiger partial charge in [0.25, 0.3) is 5.91 Å². The first-order chi connectivity index (χ1) is 15.6. The highest BCUT2D eigenvalue weighted by Crippen LogP contribution is 2.35. The molecule has 0 spiro atoms. The lowest BCUT2D eigenvalue weighted by atomic mass is 10.1. The average molecular weight is 454 g/mol. The van der Waals surface area contributed by atoms with Crippen LogP contribution in [0.1, 0.15) is 29.1 Å². The van der Waals surface area contributed by atoms with Gasteiger partial charge in [-0.15, -0.1) is 11.3 Å². The number of nitrogens with zero attached hydrogens (tertiary/aromatic N) is 6. The zero-order chi connectivity index (χ0) is 22.5. The van der Waals surface area contributed by atoms with Crippen LogP contribution >= 0.6 is 11.3 Å². The number of pyridine rings is 1. The van der Waals surface area contributed by atoms with Crippen LogP contribution in [0.25, 0.3) is 10.2 Å². The predicted octanol–water partition coefficient (Wildman–Crippen LogP) is 2.79. The third-order valence-electron chi connectivity index (χ3n) is 6.07. The number of rotatable bonds is 8.